The van der Waals surface area contributed by atoms with Crippen molar-refractivity contribution in [1.82, 2.24) is 0 Å². The van der Waals surface area contributed by atoms with Crippen LogP contribution in [0.15, 0.2) is 24.8 Å². The molecule has 0 aromatic carbocycles. The summed E-state index contributed by atoms with van der Waals surface area (Å²) in [5.41, 5.74) is 1.02. The van der Waals surface area contributed by atoms with Crippen molar-refractivity contribution in [2.75, 3.05) is 0 Å². The largest absolute Gasteiger partial charge is 0.432 e. The van der Waals surface area contributed by atoms with E-state index < -0.39 is 7.69 Å². The van der Waals surface area contributed by atoms with Gasteiger partial charge >= 0.3 is 7.69 Å². The molecule has 0 aliphatic rings. The second-order valence-corrected chi connectivity index (χ2v) is 1.19. The molecule has 0 amide bonds. The first-order valence-corrected chi connectivity index (χ1v) is 2.18. The van der Waals surface area contributed by atoms with Crippen LogP contribution in [0, 0.1) is 0 Å². The van der Waals surface area contributed by atoms with Gasteiger partial charge in [0.25, 0.3) is 0 Å². The molecule has 3 heteroatoms. The molecule has 0 aliphatic heterocycles. The van der Waals surface area contributed by atoms with Crippen molar-refractivity contribution in [3.8, 4) is 0 Å². The zero-order valence-corrected chi connectivity index (χ0v) is 5.09. The summed E-state index contributed by atoms with van der Waals surface area (Å²) < 4.78 is 0. The fraction of sp³-hybridized carbons (Fsp3) is 0.200. The first-order chi connectivity index (χ1) is 3.68. The standard InChI is InChI=1S/C5H8.BH3O2/c1-4-5(2)3;2-1-3/h4H,1-2H2,3H3;1-3H. The van der Waals surface area contributed by atoms with Crippen molar-refractivity contribution in [1.29, 1.82) is 0 Å². The molecule has 0 spiro atoms. The maximum absolute atomic E-state index is 7.12. The molecule has 0 fully saturated rings. The molecular formula is C5H11BO2. The third kappa shape index (κ3) is 50.8. The van der Waals surface area contributed by atoms with Crippen LogP contribution >= 0.6 is 0 Å². The minimum absolute atomic E-state index is 0.750. The Bertz CT molecular complexity index is 70.8. The predicted molar refractivity (Wildman–Crippen MR) is 36.6 cm³/mol. The third-order valence-corrected chi connectivity index (χ3v) is 0.348. The lowest BCUT2D eigenvalue weighted by molar-refractivity contribution is 0.448. The molecular weight excluding hydrogens is 103 g/mol. The van der Waals surface area contributed by atoms with Crippen LogP contribution in [-0.4, -0.2) is 17.7 Å². The Labute approximate surface area is 50.5 Å². The van der Waals surface area contributed by atoms with Crippen LogP contribution in [0.4, 0.5) is 0 Å². The van der Waals surface area contributed by atoms with Gasteiger partial charge in [-0.2, -0.15) is 0 Å². The first-order valence-electron chi connectivity index (χ1n) is 2.18. The van der Waals surface area contributed by atoms with Gasteiger partial charge in [-0.05, 0) is 6.92 Å². The van der Waals surface area contributed by atoms with Gasteiger partial charge in [0.15, 0.2) is 0 Å². The van der Waals surface area contributed by atoms with Gasteiger partial charge in [-0.25, -0.2) is 0 Å². The summed E-state index contributed by atoms with van der Waals surface area (Å²) in [7, 11) is -0.750. The van der Waals surface area contributed by atoms with Crippen LogP contribution < -0.4 is 0 Å². The Balaban J connectivity index is 0. The Hall–Kier alpha value is -0.535. The summed E-state index contributed by atoms with van der Waals surface area (Å²) in [4.78, 5) is 0. The van der Waals surface area contributed by atoms with Crippen LogP contribution in [0.3, 0.4) is 0 Å². The van der Waals surface area contributed by atoms with E-state index in [0.717, 1.165) is 5.57 Å². The highest BCUT2D eigenvalue weighted by Crippen LogP contribution is 1.81. The summed E-state index contributed by atoms with van der Waals surface area (Å²) in [6.07, 6.45) is 1.72. The number of hydrogen-bond acceptors (Lipinski definition) is 2. The Morgan fingerprint density at radius 1 is 1.62 bits per heavy atom. The summed E-state index contributed by atoms with van der Waals surface area (Å²) in [6, 6.07) is 0. The molecule has 0 heterocycles. The van der Waals surface area contributed by atoms with E-state index >= 15 is 0 Å². The highest BCUT2D eigenvalue weighted by molar-refractivity contribution is 6.13. The van der Waals surface area contributed by atoms with Crippen LogP contribution in [0.25, 0.3) is 0 Å². The number of hydrogen-bond donors (Lipinski definition) is 2. The molecule has 2 nitrogen and oxygen atoms in total. The summed E-state index contributed by atoms with van der Waals surface area (Å²) in [5, 5.41) is 14.2. The molecule has 2 N–H and O–H groups in total. The quantitative estimate of drug-likeness (QED) is 0.371. The van der Waals surface area contributed by atoms with Crippen LogP contribution in [0.2, 0.25) is 0 Å². The van der Waals surface area contributed by atoms with E-state index in [0.29, 0.717) is 0 Å². The fourth-order valence-electron chi connectivity index (χ4n) is 0. The fourth-order valence-corrected chi connectivity index (χ4v) is 0. The van der Waals surface area contributed by atoms with Crippen LogP contribution in [-0.2, 0) is 0 Å². The average Bonchev–Trinajstić information content (AvgIpc) is 1.69. The van der Waals surface area contributed by atoms with Gasteiger partial charge in [0.2, 0.25) is 0 Å². The Kier molecular flexibility index (Phi) is 12.6. The van der Waals surface area contributed by atoms with Crippen molar-refractivity contribution in [2.45, 2.75) is 6.92 Å². The summed E-state index contributed by atoms with van der Waals surface area (Å²) >= 11 is 0. The second kappa shape index (κ2) is 9.69. The molecule has 0 saturated carbocycles. The Morgan fingerprint density at radius 3 is 1.75 bits per heavy atom. The van der Waals surface area contributed by atoms with E-state index in [1.54, 1.807) is 6.08 Å². The molecule has 46 valence electrons. The van der Waals surface area contributed by atoms with Crippen molar-refractivity contribution >= 4 is 7.69 Å². The predicted octanol–water partition coefficient (Wildman–Crippen LogP) is -0.0140. The molecule has 0 aromatic heterocycles. The first kappa shape index (κ1) is 10.4. The molecule has 0 aliphatic carbocycles. The van der Waals surface area contributed by atoms with E-state index in [1.807, 2.05) is 6.92 Å². The maximum Gasteiger partial charge on any atom is 0.432 e. The van der Waals surface area contributed by atoms with Gasteiger partial charge in [0.1, 0.15) is 0 Å². The van der Waals surface area contributed by atoms with Gasteiger partial charge in [-0.1, -0.05) is 24.8 Å². The molecule has 0 unspecified atom stereocenters. The highest BCUT2D eigenvalue weighted by Gasteiger charge is 1.59. The van der Waals surface area contributed by atoms with Crippen molar-refractivity contribution in [3.05, 3.63) is 24.8 Å². The minimum Gasteiger partial charge on any atom is -0.430 e. The second-order valence-electron chi connectivity index (χ2n) is 1.19. The lowest BCUT2D eigenvalue weighted by Crippen LogP contribution is -1.75. The molecule has 0 saturated heterocycles. The van der Waals surface area contributed by atoms with Crippen LogP contribution in [0.5, 0.6) is 0 Å². The molecule has 0 atom stereocenters. The molecule has 8 heavy (non-hydrogen) atoms. The summed E-state index contributed by atoms with van der Waals surface area (Å²) in [5.74, 6) is 0. The zero-order valence-electron chi connectivity index (χ0n) is 5.09. The summed E-state index contributed by atoms with van der Waals surface area (Å²) in [6.45, 7) is 8.93. The topological polar surface area (TPSA) is 40.5 Å². The van der Waals surface area contributed by atoms with E-state index in [-0.39, 0.29) is 0 Å². The van der Waals surface area contributed by atoms with E-state index in [4.69, 9.17) is 10.0 Å². The van der Waals surface area contributed by atoms with Crippen molar-refractivity contribution in [3.63, 3.8) is 0 Å². The Morgan fingerprint density at radius 2 is 1.75 bits per heavy atom. The third-order valence-electron chi connectivity index (χ3n) is 0.348. The lowest BCUT2D eigenvalue weighted by atomic mass is 10.4. The number of allylic oxidation sites excluding steroid dienone is 2. The van der Waals surface area contributed by atoms with Crippen molar-refractivity contribution < 1.29 is 10.0 Å². The molecule has 0 bridgehead atoms. The van der Waals surface area contributed by atoms with E-state index in [9.17, 15) is 0 Å². The maximum atomic E-state index is 7.12. The molecule has 0 radical (unpaired) electrons. The van der Waals surface area contributed by atoms with Gasteiger partial charge in [0.05, 0.1) is 0 Å². The minimum atomic E-state index is -0.750. The molecule has 0 aromatic rings. The number of rotatable bonds is 1. The van der Waals surface area contributed by atoms with Crippen molar-refractivity contribution in [2.24, 2.45) is 0 Å². The smallest absolute Gasteiger partial charge is 0.430 e. The average molecular weight is 114 g/mol. The highest BCUT2D eigenvalue weighted by atomic mass is 16.4. The van der Waals surface area contributed by atoms with E-state index in [2.05, 4.69) is 13.2 Å². The van der Waals surface area contributed by atoms with Gasteiger partial charge in [-0.15, -0.1) is 0 Å². The zero-order chi connectivity index (χ0) is 6.99. The SMILES string of the molecule is C=CC(=C)C.OBO. The van der Waals surface area contributed by atoms with E-state index in [1.165, 1.54) is 0 Å². The van der Waals surface area contributed by atoms with Gasteiger partial charge in [0, 0.05) is 0 Å². The lowest BCUT2D eigenvalue weighted by Gasteiger charge is -1.71. The van der Waals surface area contributed by atoms with Gasteiger partial charge in [-0.3, -0.25) is 0 Å². The normalized spacial score (nSPS) is 5.88. The molecule has 0 rings (SSSR count). The van der Waals surface area contributed by atoms with Crippen LogP contribution in [0.1, 0.15) is 6.92 Å². The monoisotopic (exact) mass is 114 g/mol. The van der Waals surface area contributed by atoms with Gasteiger partial charge < -0.3 is 10.0 Å².